The lowest BCUT2D eigenvalue weighted by molar-refractivity contribution is -0.189. The lowest BCUT2D eigenvalue weighted by Crippen LogP contribution is -2.66. The van der Waals surface area contributed by atoms with Crippen molar-refractivity contribution in [1.82, 2.24) is 0 Å². The fourth-order valence-electron chi connectivity index (χ4n) is 3.76. The van der Waals surface area contributed by atoms with Gasteiger partial charge in [-0.1, -0.05) is 0 Å². The largest absolute Gasteiger partial charge is 0.393 e. The van der Waals surface area contributed by atoms with Crippen LogP contribution >= 0.6 is 0 Å². The fourth-order valence-corrected chi connectivity index (χ4v) is 3.76. The highest BCUT2D eigenvalue weighted by molar-refractivity contribution is 6.05. The zero-order chi connectivity index (χ0) is 11.2. The lowest BCUT2D eigenvalue weighted by Gasteiger charge is -2.57. The number of esters is 4. The van der Waals surface area contributed by atoms with E-state index >= 15 is 0 Å². The average Bonchev–Trinajstić information content (AvgIpc) is 2.51. The summed E-state index contributed by atoms with van der Waals surface area (Å²) in [5, 5.41) is 0. The molecule has 2 saturated carbocycles. The summed E-state index contributed by atoms with van der Waals surface area (Å²) >= 11 is 0. The molecule has 6 nitrogen and oxygen atoms in total. The van der Waals surface area contributed by atoms with Crippen molar-refractivity contribution in [3.05, 3.63) is 0 Å². The highest BCUT2D eigenvalue weighted by Crippen LogP contribution is 2.69. The summed E-state index contributed by atoms with van der Waals surface area (Å²) in [6.45, 7) is 0. The molecule has 0 aromatic heterocycles. The Morgan fingerprint density at radius 1 is 0.562 bits per heavy atom. The van der Waals surface area contributed by atoms with Crippen molar-refractivity contribution in [3.8, 4) is 0 Å². The Balaban J connectivity index is 1.74. The molecule has 4 rings (SSSR count). The van der Waals surface area contributed by atoms with Crippen LogP contribution in [0.5, 0.6) is 0 Å². The molecule has 0 bridgehead atoms. The number of hydrogen-bond acceptors (Lipinski definition) is 6. The molecule has 16 heavy (non-hydrogen) atoms. The average molecular weight is 222 g/mol. The molecule has 0 amide bonds. The second-order valence-corrected chi connectivity index (χ2v) is 4.74. The molecule has 2 saturated heterocycles. The van der Waals surface area contributed by atoms with Crippen LogP contribution in [-0.2, 0) is 28.7 Å². The van der Waals surface area contributed by atoms with Gasteiger partial charge >= 0.3 is 23.9 Å². The van der Waals surface area contributed by atoms with Crippen molar-refractivity contribution in [2.45, 2.75) is 0 Å². The summed E-state index contributed by atoms with van der Waals surface area (Å²) in [5.41, 5.74) is 0. The molecule has 0 N–H and O–H groups in total. The Hall–Kier alpha value is -1.72. The van der Waals surface area contributed by atoms with E-state index < -0.39 is 47.5 Å². The summed E-state index contributed by atoms with van der Waals surface area (Å²) < 4.78 is 9.05. The standard InChI is InChI=1S/C10H6O6/c11-7-3-1-2(5(3)9(13)15-7)6-4(1)8(12)16-10(6)14/h1-6H. The summed E-state index contributed by atoms with van der Waals surface area (Å²) in [4.78, 5) is 45.3. The molecular weight excluding hydrogens is 216 g/mol. The van der Waals surface area contributed by atoms with Crippen LogP contribution < -0.4 is 0 Å². The van der Waals surface area contributed by atoms with E-state index in [4.69, 9.17) is 0 Å². The zero-order valence-electron chi connectivity index (χ0n) is 7.91. The first-order valence-electron chi connectivity index (χ1n) is 5.12. The fraction of sp³-hybridized carbons (Fsp3) is 0.600. The predicted molar refractivity (Wildman–Crippen MR) is 43.1 cm³/mol. The monoisotopic (exact) mass is 222 g/mol. The molecule has 0 aromatic carbocycles. The molecule has 2 aliphatic heterocycles. The molecule has 4 aliphatic rings. The molecule has 0 spiro atoms. The minimum absolute atomic E-state index is 0.215. The first-order valence-corrected chi connectivity index (χ1v) is 5.12. The molecule has 2 aliphatic carbocycles. The highest BCUT2D eigenvalue weighted by Gasteiger charge is 2.79. The van der Waals surface area contributed by atoms with Gasteiger partial charge in [-0.3, -0.25) is 19.2 Å². The smallest absolute Gasteiger partial charge is 0.317 e. The van der Waals surface area contributed by atoms with Gasteiger partial charge in [0, 0.05) is 0 Å². The number of rotatable bonds is 0. The molecule has 6 heteroatoms. The van der Waals surface area contributed by atoms with Crippen molar-refractivity contribution in [2.75, 3.05) is 0 Å². The van der Waals surface area contributed by atoms with Crippen LogP contribution in [0.25, 0.3) is 0 Å². The van der Waals surface area contributed by atoms with E-state index in [1.807, 2.05) is 0 Å². The van der Waals surface area contributed by atoms with Gasteiger partial charge < -0.3 is 9.47 Å². The maximum absolute atomic E-state index is 11.3. The third kappa shape index (κ3) is 0.618. The van der Waals surface area contributed by atoms with Crippen LogP contribution in [0.3, 0.4) is 0 Å². The summed E-state index contributed by atoms with van der Waals surface area (Å²) in [6, 6.07) is 0. The van der Waals surface area contributed by atoms with Crippen molar-refractivity contribution in [3.63, 3.8) is 0 Å². The Morgan fingerprint density at radius 2 is 0.812 bits per heavy atom. The van der Waals surface area contributed by atoms with Gasteiger partial charge in [0.25, 0.3) is 0 Å². The zero-order valence-corrected chi connectivity index (χ0v) is 7.91. The normalized spacial score (nSPS) is 52.0. The van der Waals surface area contributed by atoms with Crippen molar-refractivity contribution in [1.29, 1.82) is 0 Å². The van der Waals surface area contributed by atoms with Crippen LogP contribution in [-0.4, -0.2) is 23.9 Å². The molecule has 82 valence electrons. The quantitative estimate of drug-likeness (QED) is 0.381. The Labute approximate surface area is 88.9 Å². The molecule has 0 aromatic rings. The van der Waals surface area contributed by atoms with Crippen LogP contribution in [0.4, 0.5) is 0 Å². The van der Waals surface area contributed by atoms with Gasteiger partial charge in [0.05, 0.1) is 23.7 Å². The number of hydrogen-bond donors (Lipinski definition) is 0. The van der Waals surface area contributed by atoms with Crippen LogP contribution in [0.15, 0.2) is 0 Å². The highest BCUT2D eigenvalue weighted by atomic mass is 16.6. The van der Waals surface area contributed by atoms with Gasteiger partial charge in [0.1, 0.15) is 0 Å². The molecule has 0 radical (unpaired) electrons. The minimum Gasteiger partial charge on any atom is -0.393 e. The van der Waals surface area contributed by atoms with E-state index in [1.165, 1.54) is 0 Å². The Bertz CT molecular complexity index is 396. The molecule has 2 heterocycles. The summed E-state index contributed by atoms with van der Waals surface area (Å²) in [5.74, 6) is -4.71. The molecule has 4 unspecified atom stereocenters. The van der Waals surface area contributed by atoms with Crippen molar-refractivity contribution < 1.29 is 28.7 Å². The first-order chi connectivity index (χ1) is 7.61. The van der Waals surface area contributed by atoms with E-state index in [9.17, 15) is 19.2 Å². The molecule has 4 atom stereocenters. The van der Waals surface area contributed by atoms with E-state index in [0.29, 0.717) is 0 Å². The lowest BCUT2D eigenvalue weighted by atomic mass is 9.39. The van der Waals surface area contributed by atoms with Gasteiger partial charge in [-0.15, -0.1) is 0 Å². The van der Waals surface area contributed by atoms with Gasteiger partial charge in [-0.2, -0.15) is 0 Å². The number of carbonyl (C=O) groups is 4. The third-order valence-electron chi connectivity index (χ3n) is 4.37. The van der Waals surface area contributed by atoms with Crippen molar-refractivity contribution in [2.24, 2.45) is 35.5 Å². The molecular formula is C10H6O6. The van der Waals surface area contributed by atoms with Gasteiger partial charge in [-0.05, 0) is 11.8 Å². The SMILES string of the molecule is O=C1OC(=O)C2C1C1C3C(=O)OC(=O)C3C21. The second-order valence-electron chi connectivity index (χ2n) is 4.74. The number of carbonyl (C=O) groups excluding carboxylic acids is 4. The van der Waals surface area contributed by atoms with Gasteiger partial charge in [0.15, 0.2) is 0 Å². The topological polar surface area (TPSA) is 86.7 Å². The number of ether oxygens (including phenoxy) is 2. The van der Waals surface area contributed by atoms with E-state index in [2.05, 4.69) is 9.47 Å². The number of cyclic esters (lactones) is 4. The van der Waals surface area contributed by atoms with Gasteiger partial charge in [0.2, 0.25) is 0 Å². The summed E-state index contributed by atoms with van der Waals surface area (Å²) in [7, 11) is 0. The molecule has 4 fully saturated rings. The van der Waals surface area contributed by atoms with Crippen LogP contribution in [0.2, 0.25) is 0 Å². The summed E-state index contributed by atoms with van der Waals surface area (Å²) in [6.07, 6.45) is 0. The third-order valence-corrected chi connectivity index (χ3v) is 4.37. The van der Waals surface area contributed by atoms with Crippen molar-refractivity contribution >= 4 is 23.9 Å². The van der Waals surface area contributed by atoms with Gasteiger partial charge in [-0.25, -0.2) is 0 Å². The van der Waals surface area contributed by atoms with E-state index in [0.717, 1.165) is 0 Å². The Kier molecular flexibility index (Phi) is 1.15. The predicted octanol–water partition coefficient (Wildman–Crippen LogP) is -1.12. The second kappa shape index (κ2) is 2.18. The maximum atomic E-state index is 11.3. The van der Waals surface area contributed by atoms with Crippen LogP contribution in [0.1, 0.15) is 0 Å². The maximum Gasteiger partial charge on any atom is 0.317 e. The Morgan fingerprint density at radius 3 is 1.06 bits per heavy atom. The number of fused-ring (bicyclic) bond motifs is 7. The minimum atomic E-state index is -0.554. The first kappa shape index (κ1) is 8.43. The van der Waals surface area contributed by atoms with Crippen LogP contribution in [0, 0.1) is 35.5 Å². The van der Waals surface area contributed by atoms with E-state index in [-0.39, 0.29) is 11.8 Å². The van der Waals surface area contributed by atoms with E-state index in [1.54, 1.807) is 0 Å².